The van der Waals surface area contributed by atoms with Crippen molar-refractivity contribution < 1.29 is 23.8 Å². The van der Waals surface area contributed by atoms with Gasteiger partial charge in [0, 0.05) is 0 Å². The van der Waals surface area contributed by atoms with E-state index in [4.69, 9.17) is 14.2 Å². The standard InChI is InChI=1S/C22H23NO5/c1-14(21(24)23-18-8-4-6-15-5-2-3-7-17(15)18)28-22(25)16-9-10-19-20(13-16)27-12-11-26-19/h2-3,5,7,9-10,13-14,18H,4,6,8,11-12H2,1H3,(H,23,24)/t14-,18-/m1/s1. The third kappa shape index (κ3) is 3.81. The molecule has 2 atom stereocenters. The van der Waals surface area contributed by atoms with Gasteiger partial charge in [-0.1, -0.05) is 24.3 Å². The van der Waals surface area contributed by atoms with Gasteiger partial charge in [0.1, 0.15) is 13.2 Å². The van der Waals surface area contributed by atoms with Gasteiger partial charge in [-0.25, -0.2) is 4.79 Å². The lowest BCUT2D eigenvalue weighted by molar-refractivity contribution is -0.130. The molecule has 0 spiro atoms. The molecule has 2 aliphatic rings. The molecule has 0 saturated heterocycles. The van der Waals surface area contributed by atoms with E-state index in [9.17, 15) is 9.59 Å². The first-order valence-electron chi connectivity index (χ1n) is 9.60. The molecule has 0 unspecified atom stereocenters. The summed E-state index contributed by atoms with van der Waals surface area (Å²) < 4.78 is 16.3. The van der Waals surface area contributed by atoms with E-state index in [1.54, 1.807) is 25.1 Å². The summed E-state index contributed by atoms with van der Waals surface area (Å²) in [5.74, 6) is 0.248. The molecule has 1 aliphatic heterocycles. The number of nitrogens with one attached hydrogen (secondary N) is 1. The van der Waals surface area contributed by atoms with E-state index in [1.807, 2.05) is 18.2 Å². The average Bonchev–Trinajstić information content (AvgIpc) is 2.73. The second kappa shape index (κ2) is 7.92. The molecule has 4 rings (SSSR count). The summed E-state index contributed by atoms with van der Waals surface area (Å²) in [5, 5.41) is 3.02. The zero-order valence-electron chi connectivity index (χ0n) is 15.8. The van der Waals surface area contributed by atoms with E-state index in [0.29, 0.717) is 30.3 Å². The Kier molecular flexibility index (Phi) is 5.19. The minimum atomic E-state index is -0.894. The third-order valence-corrected chi connectivity index (χ3v) is 5.12. The summed E-state index contributed by atoms with van der Waals surface area (Å²) in [6.45, 7) is 2.51. The molecule has 2 aromatic rings. The molecule has 1 heterocycles. The predicted octanol–water partition coefficient (Wildman–Crippen LogP) is 3.20. The highest BCUT2D eigenvalue weighted by Crippen LogP contribution is 2.31. The summed E-state index contributed by atoms with van der Waals surface area (Å²) >= 11 is 0. The number of aryl methyl sites for hydroxylation is 1. The van der Waals surface area contributed by atoms with Crippen LogP contribution in [0.5, 0.6) is 11.5 Å². The van der Waals surface area contributed by atoms with Crippen LogP contribution in [0.25, 0.3) is 0 Å². The van der Waals surface area contributed by atoms with Gasteiger partial charge in [0.05, 0.1) is 11.6 Å². The highest BCUT2D eigenvalue weighted by Gasteiger charge is 2.26. The van der Waals surface area contributed by atoms with Crippen molar-refractivity contribution in [2.24, 2.45) is 0 Å². The molecule has 6 nitrogen and oxygen atoms in total. The van der Waals surface area contributed by atoms with Gasteiger partial charge in [-0.3, -0.25) is 4.79 Å². The third-order valence-electron chi connectivity index (χ3n) is 5.12. The Balaban J connectivity index is 1.39. The molecule has 0 radical (unpaired) electrons. The maximum Gasteiger partial charge on any atom is 0.339 e. The number of hydrogen-bond acceptors (Lipinski definition) is 5. The molecule has 1 aliphatic carbocycles. The van der Waals surface area contributed by atoms with Crippen molar-refractivity contribution in [2.75, 3.05) is 13.2 Å². The van der Waals surface area contributed by atoms with Crippen molar-refractivity contribution in [3.63, 3.8) is 0 Å². The molecule has 2 aromatic carbocycles. The lowest BCUT2D eigenvalue weighted by Crippen LogP contribution is -2.39. The molecular formula is C22H23NO5. The topological polar surface area (TPSA) is 73.9 Å². The molecule has 6 heteroatoms. The summed E-state index contributed by atoms with van der Waals surface area (Å²) in [6.07, 6.45) is 2.03. The fourth-order valence-electron chi connectivity index (χ4n) is 3.65. The van der Waals surface area contributed by atoms with E-state index in [1.165, 1.54) is 5.56 Å². The molecule has 0 aromatic heterocycles. The van der Waals surface area contributed by atoms with Crippen molar-refractivity contribution in [2.45, 2.75) is 38.3 Å². The van der Waals surface area contributed by atoms with Gasteiger partial charge >= 0.3 is 5.97 Å². The quantitative estimate of drug-likeness (QED) is 0.824. The maximum absolute atomic E-state index is 12.6. The number of esters is 1. The average molecular weight is 381 g/mol. The Morgan fingerprint density at radius 2 is 1.89 bits per heavy atom. The number of benzene rings is 2. The number of fused-ring (bicyclic) bond motifs is 2. The van der Waals surface area contributed by atoms with Crippen LogP contribution in [-0.2, 0) is 16.0 Å². The molecule has 1 N–H and O–H groups in total. The van der Waals surface area contributed by atoms with E-state index in [0.717, 1.165) is 24.8 Å². The first-order valence-corrected chi connectivity index (χ1v) is 9.60. The fraction of sp³-hybridized carbons (Fsp3) is 0.364. The van der Waals surface area contributed by atoms with Gasteiger partial charge in [-0.05, 0) is 55.5 Å². The number of amides is 1. The highest BCUT2D eigenvalue weighted by atomic mass is 16.6. The fourth-order valence-corrected chi connectivity index (χ4v) is 3.65. The first-order chi connectivity index (χ1) is 13.6. The smallest absolute Gasteiger partial charge is 0.339 e. The number of hydrogen-bond donors (Lipinski definition) is 1. The van der Waals surface area contributed by atoms with Gasteiger partial charge < -0.3 is 19.5 Å². The van der Waals surface area contributed by atoms with E-state index < -0.39 is 12.1 Å². The molecule has 0 saturated carbocycles. The Morgan fingerprint density at radius 3 is 2.75 bits per heavy atom. The van der Waals surface area contributed by atoms with Gasteiger partial charge in [0.15, 0.2) is 17.6 Å². The van der Waals surface area contributed by atoms with Crippen LogP contribution in [0, 0.1) is 0 Å². The second-order valence-corrected chi connectivity index (χ2v) is 7.06. The SMILES string of the molecule is C[C@@H](OC(=O)c1ccc2c(c1)OCCO2)C(=O)N[C@@H]1CCCc2ccccc21. The zero-order valence-corrected chi connectivity index (χ0v) is 15.8. The molecule has 28 heavy (non-hydrogen) atoms. The maximum atomic E-state index is 12.6. The minimum Gasteiger partial charge on any atom is -0.486 e. The monoisotopic (exact) mass is 381 g/mol. The van der Waals surface area contributed by atoms with E-state index in [-0.39, 0.29) is 11.9 Å². The van der Waals surface area contributed by atoms with Gasteiger partial charge in [-0.15, -0.1) is 0 Å². The molecule has 0 bridgehead atoms. The van der Waals surface area contributed by atoms with Crippen molar-refractivity contribution in [3.05, 3.63) is 59.2 Å². The summed E-state index contributed by atoms with van der Waals surface area (Å²) in [5.41, 5.74) is 2.74. The van der Waals surface area contributed by atoms with Crippen molar-refractivity contribution >= 4 is 11.9 Å². The van der Waals surface area contributed by atoms with Crippen LogP contribution in [0.3, 0.4) is 0 Å². The first kappa shape index (κ1) is 18.3. The number of carbonyl (C=O) groups excluding carboxylic acids is 2. The summed E-state index contributed by atoms with van der Waals surface area (Å²) in [7, 11) is 0. The second-order valence-electron chi connectivity index (χ2n) is 7.06. The van der Waals surface area contributed by atoms with Crippen molar-refractivity contribution in [1.29, 1.82) is 0 Å². The summed E-state index contributed by atoms with van der Waals surface area (Å²) in [4.78, 5) is 25.0. The lowest BCUT2D eigenvalue weighted by Gasteiger charge is -2.27. The largest absolute Gasteiger partial charge is 0.486 e. The molecular weight excluding hydrogens is 358 g/mol. The Bertz CT molecular complexity index is 894. The Labute approximate surface area is 163 Å². The number of carbonyl (C=O) groups is 2. The summed E-state index contributed by atoms with van der Waals surface area (Å²) in [6, 6.07) is 13.0. The molecule has 1 amide bonds. The highest BCUT2D eigenvalue weighted by molar-refractivity contribution is 5.93. The number of rotatable bonds is 4. The Morgan fingerprint density at radius 1 is 1.11 bits per heavy atom. The van der Waals surface area contributed by atoms with Gasteiger partial charge in [0.25, 0.3) is 5.91 Å². The van der Waals surface area contributed by atoms with Crippen LogP contribution in [0.4, 0.5) is 0 Å². The minimum absolute atomic E-state index is 0.0482. The molecule has 0 fully saturated rings. The Hall–Kier alpha value is -3.02. The van der Waals surface area contributed by atoms with E-state index in [2.05, 4.69) is 11.4 Å². The van der Waals surface area contributed by atoms with E-state index >= 15 is 0 Å². The molecule has 146 valence electrons. The van der Waals surface area contributed by atoms with Crippen LogP contribution in [0.15, 0.2) is 42.5 Å². The van der Waals surface area contributed by atoms with Gasteiger partial charge in [-0.2, -0.15) is 0 Å². The normalized spacial score (nSPS) is 18.5. The van der Waals surface area contributed by atoms with Gasteiger partial charge in [0.2, 0.25) is 0 Å². The van der Waals surface area contributed by atoms with Crippen molar-refractivity contribution in [3.8, 4) is 11.5 Å². The van der Waals surface area contributed by atoms with Crippen LogP contribution in [0.2, 0.25) is 0 Å². The van der Waals surface area contributed by atoms with Crippen LogP contribution in [0.1, 0.15) is 47.3 Å². The van der Waals surface area contributed by atoms with Crippen LogP contribution < -0.4 is 14.8 Å². The number of ether oxygens (including phenoxy) is 3. The lowest BCUT2D eigenvalue weighted by atomic mass is 9.87. The van der Waals surface area contributed by atoms with Crippen molar-refractivity contribution in [1.82, 2.24) is 5.32 Å². The van der Waals surface area contributed by atoms with Crippen LogP contribution >= 0.6 is 0 Å². The zero-order chi connectivity index (χ0) is 19.5. The predicted molar refractivity (Wildman–Crippen MR) is 103 cm³/mol. The van der Waals surface area contributed by atoms with Crippen LogP contribution in [-0.4, -0.2) is 31.2 Å².